The number of amides is 2. The molecule has 2 bridgehead atoms. The molecule has 3 saturated heterocycles. The lowest BCUT2D eigenvalue weighted by Crippen LogP contribution is -2.56. The van der Waals surface area contributed by atoms with Gasteiger partial charge in [0.25, 0.3) is 5.91 Å². The number of thioether (sulfide) groups is 1. The summed E-state index contributed by atoms with van der Waals surface area (Å²) in [4.78, 5) is 46.2. The van der Waals surface area contributed by atoms with Crippen molar-refractivity contribution in [3.63, 3.8) is 0 Å². The Labute approximate surface area is 263 Å². The molecule has 0 aliphatic carbocycles. The lowest BCUT2D eigenvalue weighted by Gasteiger charge is -2.40. The van der Waals surface area contributed by atoms with Gasteiger partial charge in [-0.25, -0.2) is 0 Å². The third kappa shape index (κ3) is 4.82. The van der Waals surface area contributed by atoms with Gasteiger partial charge >= 0.3 is 5.97 Å². The smallest absolute Gasteiger partial charge is 0.311 e. The molecule has 9 heteroatoms. The maximum atomic E-state index is 15.0. The van der Waals surface area contributed by atoms with Crippen molar-refractivity contribution in [1.29, 1.82) is 0 Å². The minimum atomic E-state index is -0.943. The molecule has 0 saturated carbocycles. The van der Waals surface area contributed by atoms with Crippen LogP contribution in [-0.4, -0.2) is 68.4 Å². The number of nitrogens with zero attached hydrogens (tertiary/aromatic N) is 2. The van der Waals surface area contributed by atoms with Crippen LogP contribution in [0.5, 0.6) is 0 Å². The van der Waals surface area contributed by atoms with Crippen LogP contribution in [0.2, 0.25) is 0 Å². The number of rotatable bonds is 10. The molecule has 222 valence electrons. The van der Waals surface area contributed by atoms with Crippen molar-refractivity contribution in [2.75, 3.05) is 24.7 Å². The molecule has 3 aliphatic rings. The first-order valence-corrected chi connectivity index (χ1v) is 16.1. The molecule has 6 rings (SSSR count). The summed E-state index contributed by atoms with van der Waals surface area (Å²) in [7, 11) is 0. The minimum Gasteiger partial charge on any atom is -0.461 e. The number of hydrogen-bond donors (Lipinski definition) is 1. The van der Waals surface area contributed by atoms with Crippen molar-refractivity contribution in [2.45, 2.75) is 33.3 Å². The molecule has 2 amide bonds. The molecule has 3 unspecified atom stereocenters. The molecule has 1 spiro atoms. The Kier molecular flexibility index (Phi) is 8.24. The number of likely N-dealkylation sites (tertiary alicyclic amines) is 1. The Hall–Kier alpha value is -3.40. The summed E-state index contributed by atoms with van der Waals surface area (Å²) < 4.78 is 4.61. The molecule has 43 heavy (non-hydrogen) atoms. The number of alkyl halides is 1. The third-order valence-corrected chi connectivity index (χ3v) is 12.1. The molecule has 3 aromatic rings. The number of halogens is 1. The second-order valence-corrected chi connectivity index (χ2v) is 13.9. The summed E-state index contributed by atoms with van der Waals surface area (Å²) in [5.74, 6) is -2.56. The predicted molar refractivity (Wildman–Crippen MR) is 173 cm³/mol. The van der Waals surface area contributed by atoms with Gasteiger partial charge in [-0.2, -0.15) is 0 Å². The lowest BCUT2D eigenvalue weighted by atomic mass is 9.71. The van der Waals surface area contributed by atoms with Crippen molar-refractivity contribution in [2.24, 2.45) is 11.8 Å². The Balaban J connectivity index is 1.49. The molecular weight excluding hydrogens is 628 g/mol. The quantitative estimate of drug-likeness (QED) is 0.181. The summed E-state index contributed by atoms with van der Waals surface area (Å²) in [5.41, 5.74) is 1.40. The van der Waals surface area contributed by atoms with Gasteiger partial charge in [0.05, 0.1) is 29.2 Å². The zero-order valence-electron chi connectivity index (χ0n) is 23.6. The van der Waals surface area contributed by atoms with Crippen LogP contribution in [-0.2, 0) is 19.1 Å². The maximum absolute atomic E-state index is 15.0. The van der Waals surface area contributed by atoms with Gasteiger partial charge in [-0.05, 0) is 34.9 Å². The van der Waals surface area contributed by atoms with Crippen LogP contribution in [0.3, 0.4) is 0 Å². The molecule has 7 atom stereocenters. The molecule has 7 nitrogen and oxygen atoms in total. The normalized spacial score (nSPS) is 28.0. The Morgan fingerprint density at radius 2 is 1.81 bits per heavy atom. The van der Waals surface area contributed by atoms with Gasteiger partial charge in [-0.15, -0.1) is 18.3 Å². The summed E-state index contributed by atoms with van der Waals surface area (Å²) in [6, 6.07) is 21.3. The van der Waals surface area contributed by atoms with E-state index in [0.29, 0.717) is 17.7 Å². The maximum Gasteiger partial charge on any atom is 0.311 e. The van der Waals surface area contributed by atoms with Gasteiger partial charge in [0.1, 0.15) is 12.6 Å². The summed E-state index contributed by atoms with van der Waals surface area (Å²) in [6.45, 7) is 7.46. The van der Waals surface area contributed by atoms with E-state index in [1.165, 1.54) is 17.8 Å². The number of carbonyl (C=O) groups excluding carboxylic acids is 3. The molecular formula is C34H33BrN2O5S. The number of hydrogen-bond acceptors (Lipinski definition) is 6. The second-order valence-electron chi connectivity index (χ2n) is 11.2. The molecule has 0 aromatic heterocycles. The van der Waals surface area contributed by atoms with Gasteiger partial charge in [-0.3, -0.25) is 14.4 Å². The Bertz CT molecular complexity index is 1580. The predicted octanol–water partition coefficient (Wildman–Crippen LogP) is 5.29. The Morgan fingerprint density at radius 3 is 2.51 bits per heavy atom. The van der Waals surface area contributed by atoms with Gasteiger partial charge in [0.2, 0.25) is 5.91 Å². The molecule has 3 fully saturated rings. The lowest BCUT2D eigenvalue weighted by molar-refractivity contribution is -0.153. The van der Waals surface area contributed by atoms with Crippen LogP contribution in [0.25, 0.3) is 10.8 Å². The first-order chi connectivity index (χ1) is 20.9. The van der Waals surface area contributed by atoms with Crippen molar-refractivity contribution >= 4 is 61.9 Å². The largest absolute Gasteiger partial charge is 0.461 e. The van der Waals surface area contributed by atoms with Crippen LogP contribution < -0.4 is 4.90 Å². The van der Waals surface area contributed by atoms with E-state index in [4.69, 9.17) is 4.74 Å². The van der Waals surface area contributed by atoms with Crippen LogP contribution in [0, 0.1) is 11.8 Å². The minimum absolute atomic E-state index is 0.0397. The van der Waals surface area contributed by atoms with E-state index in [9.17, 15) is 14.7 Å². The highest BCUT2D eigenvalue weighted by molar-refractivity contribution is 9.09. The molecule has 1 N–H and O–H groups in total. The van der Waals surface area contributed by atoms with Crippen molar-refractivity contribution in [1.82, 2.24) is 4.90 Å². The number of benzene rings is 3. The highest BCUT2D eigenvalue weighted by atomic mass is 79.9. The highest BCUT2D eigenvalue weighted by Gasteiger charge is 2.76. The second kappa shape index (κ2) is 11.9. The number of esters is 1. The zero-order chi connectivity index (χ0) is 30.3. The first-order valence-electron chi connectivity index (χ1n) is 14.3. The van der Waals surface area contributed by atoms with E-state index in [2.05, 4.69) is 29.1 Å². The van der Waals surface area contributed by atoms with Crippen LogP contribution in [0.1, 0.15) is 18.0 Å². The zero-order valence-corrected chi connectivity index (χ0v) is 26.0. The number of carbonyl (C=O) groups is 3. The van der Waals surface area contributed by atoms with Crippen molar-refractivity contribution in [3.8, 4) is 0 Å². The monoisotopic (exact) mass is 660 g/mol. The van der Waals surface area contributed by atoms with E-state index in [-0.39, 0.29) is 41.6 Å². The van der Waals surface area contributed by atoms with E-state index in [1.807, 2.05) is 72.8 Å². The van der Waals surface area contributed by atoms with Crippen molar-refractivity contribution < 1.29 is 24.2 Å². The summed E-state index contributed by atoms with van der Waals surface area (Å²) in [6.07, 6.45) is 3.69. The fourth-order valence-electron chi connectivity index (χ4n) is 7.16. The number of aliphatic hydroxyl groups excluding tert-OH is 1. The van der Waals surface area contributed by atoms with E-state index in [1.54, 1.807) is 15.9 Å². The van der Waals surface area contributed by atoms with E-state index in [0.717, 1.165) is 10.8 Å². The molecule has 3 heterocycles. The average molecular weight is 662 g/mol. The van der Waals surface area contributed by atoms with E-state index >= 15 is 4.79 Å². The topological polar surface area (TPSA) is 87.1 Å². The van der Waals surface area contributed by atoms with Gasteiger partial charge in [0, 0.05) is 22.3 Å². The van der Waals surface area contributed by atoms with Crippen LogP contribution in [0.4, 0.5) is 5.69 Å². The molecule has 3 aromatic carbocycles. The average Bonchev–Trinajstić information content (AvgIpc) is 3.62. The number of ether oxygens (including phenoxy) is 1. The standard InChI is InChI=1S/C34H33BrN2O5S/c1-3-16-36(24-15-14-21-10-8-9-13-23(21)18-24)32(40)30-34-19-25(35)29(43-34)27(33(41)42-17-4-2)28(34)31(39)37(30)26(20-38)22-11-6-5-7-12-22/h3-15,18,25-30,38H,1-2,16-17,19-20H2/t25?,26-,27+,28+,29+,30?,34?/m1/s1. The Morgan fingerprint density at radius 1 is 1.09 bits per heavy atom. The summed E-state index contributed by atoms with van der Waals surface area (Å²) >= 11 is 5.33. The van der Waals surface area contributed by atoms with Crippen LogP contribution in [0.15, 0.2) is 98.1 Å². The highest BCUT2D eigenvalue weighted by Crippen LogP contribution is 2.68. The molecule has 0 radical (unpaired) electrons. The van der Waals surface area contributed by atoms with E-state index < -0.39 is 34.6 Å². The third-order valence-electron chi connectivity index (χ3n) is 8.89. The molecule has 3 aliphatic heterocycles. The van der Waals surface area contributed by atoms with Crippen LogP contribution >= 0.6 is 27.7 Å². The number of fused-ring (bicyclic) bond motifs is 2. The number of anilines is 1. The fraction of sp³-hybridized carbons (Fsp3) is 0.324. The summed E-state index contributed by atoms with van der Waals surface area (Å²) in [5, 5.41) is 12.5. The number of aliphatic hydroxyl groups is 1. The SMILES string of the molecule is C=CCOC(=O)[C@H]1[C@H]2C(=O)N([C@H](CO)c3ccccc3)C(C(=O)N(CC=C)c3ccc4ccccc4c3)C23CC(Br)[C@@H]1S3. The van der Waals surface area contributed by atoms with Gasteiger partial charge in [-0.1, -0.05) is 95.3 Å². The first kappa shape index (κ1) is 29.7. The van der Waals surface area contributed by atoms with Gasteiger partial charge in [0.15, 0.2) is 0 Å². The fourth-order valence-corrected chi connectivity index (χ4v) is 10.7. The van der Waals surface area contributed by atoms with Gasteiger partial charge < -0.3 is 19.6 Å². The van der Waals surface area contributed by atoms with Crippen molar-refractivity contribution in [3.05, 3.63) is 104 Å².